The van der Waals surface area contributed by atoms with Crippen molar-refractivity contribution in [3.63, 3.8) is 0 Å². The first-order valence-corrected chi connectivity index (χ1v) is 15.9. The summed E-state index contributed by atoms with van der Waals surface area (Å²) in [5.41, 5.74) is 2.34. The van der Waals surface area contributed by atoms with Gasteiger partial charge in [0.25, 0.3) is 0 Å². The van der Waals surface area contributed by atoms with E-state index >= 15 is 0 Å². The smallest absolute Gasteiger partial charge is 0.303 e. The summed E-state index contributed by atoms with van der Waals surface area (Å²) in [6, 6.07) is 0. The summed E-state index contributed by atoms with van der Waals surface area (Å²) in [6.07, 6.45) is 3.01. The van der Waals surface area contributed by atoms with E-state index in [2.05, 4.69) is 42.1 Å². The van der Waals surface area contributed by atoms with E-state index in [1.54, 1.807) is 6.20 Å². The van der Waals surface area contributed by atoms with Crippen LogP contribution in [0.15, 0.2) is 30.0 Å². The fraction of sp³-hybridized carbons (Fsp3) is 0.667. The molecule has 0 aliphatic heterocycles. The van der Waals surface area contributed by atoms with Crippen LogP contribution in [0.3, 0.4) is 0 Å². The van der Waals surface area contributed by atoms with E-state index in [-0.39, 0.29) is 31.5 Å². The fourth-order valence-electron chi connectivity index (χ4n) is 6.61. The molecule has 1 aromatic rings. The Hall–Kier alpha value is -4.07. The number of carbonyl (C=O) groups is 5. The van der Waals surface area contributed by atoms with E-state index in [0.29, 0.717) is 29.0 Å². The molecule has 2 aliphatic carbocycles. The number of allylic oxidation sites excluding steroid dienone is 2. The predicted octanol–water partition coefficient (Wildman–Crippen LogP) is 2.84. The number of hydrogen-bond acceptors (Lipinski definition) is 12. The van der Waals surface area contributed by atoms with Crippen molar-refractivity contribution in [3.05, 3.63) is 35.7 Å². The minimum atomic E-state index is -1.39. The predicted molar refractivity (Wildman–Crippen MR) is 167 cm³/mol. The Morgan fingerprint density at radius 1 is 0.957 bits per heavy atom. The van der Waals surface area contributed by atoms with E-state index in [1.807, 2.05) is 0 Å². The summed E-state index contributed by atoms with van der Waals surface area (Å²) in [5.74, 6) is -1.53. The summed E-state index contributed by atoms with van der Waals surface area (Å²) in [6.45, 7) is 12.8. The lowest BCUT2D eigenvalue weighted by atomic mass is 9.61. The van der Waals surface area contributed by atoms with Crippen LogP contribution in [-0.2, 0) is 60.7 Å². The monoisotopic (exact) mass is 660 g/mol. The number of methoxy groups -OCH3 is 1. The molecule has 0 radical (unpaired) electrons. The lowest BCUT2D eigenvalue weighted by molar-refractivity contribution is -0.199. The Kier molecular flexibility index (Phi) is 13.7. The molecule has 0 aromatic carbocycles. The molecule has 8 atom stereocenters. The molecule has 0 spiro atoms. The van der Waals surface area contributed by atoms with Crippen molar-refractivity contribution in [2.24, 2.45) is 23.7 Å². The highest BCUT2D eigenvalue weighted by Gasteiger charge is 2.43. The molecule has 2 aliphatic rings. The largest absolute Gasteiger partial charge is 0.463 e. The molecule has 47 heavy (non-hydrogen) atoms. The van der Waals surface area contributed by atoms with Crippen LogP contribution in [0.4, 0.5) is 0 Å². The highest BCUT2D eigenvalue weighted by Crippen LogP contribution is 2.47. The third-order valence-electron chi connectivity index (χ3n) is 8.83. The number of nitrogens with zero attached hydrogens (tertiary/aromatic N) is 3. The van der Waals surface area contributed by atoms with Crippen molar-refractivity contribution in [1.82, 2.24) is 20.3 Å². The summed E-state index contributed by atoms with van der Waals surface area (Å²) in [4.78, 5) is 61.1. The summed E-state index contributed by atoms with van der Waals surface area (Å²) < 4.78 is 28.3. The van der Waals surface area contributed by atoms with Crippen LogP contribution in [0.5, 0.6) is 0 Å². The van der Waals surface area contributed by atoms with Crippen LogP contribution in [0.1, 0.15) is 72.9 Å². The number of carbonyl (C=O) groups excluding carboxylic acids is 5. The van der Waals surface area contributed by atoms with Gasteiger partial charge in [-0.3, -0.25) is 24.0 Å². The third kappa shape index (κ3) is 10.7. The van der Waals surface area contributed by atoms with E-state index in [1.165, 1.54) is 31.2 Å². The topological polar surface area (TPSA) is 174 Å². The lowest BCUT2D eigenvalue weighted by Gasteiger charge is -2.44. The van der Waals surface area contributed by atoms with E-state index in [0.717, 1.165) is 39.5 Å². The van der Waals surface area contributed by atoms with Crippen LogP contribution in [0.2, 0.25) is 0 Å². The van der Waals surface area contributed by atoms with Crippen molar-refractivity contribution in [2.75, 3.05) is 13.7 Å². The van der Waals surface area contributed by atoms with Gasteiger partial charge in [-0.15, -0.1) is 5.10 Å². The second-order valence-electron chi connectivity index (χ2n) is 12.5. The number of nitrogens with one attached hydrogen (secondary N) is 1. The zero-order chi connectivity index (χ0) is 34.8. The normalized spacial score (nSPS) is 23.1. The Morgan fingerprint density at radius 3 is 2.19 bits per heavy atom. The van der Waals surface area contributed by atoms with Crippen molar-refractivity contribution in [3.8, 4) is 0 Å². The van der Waals surface area contributed by atoms with Crippen LogP contribution < -0.4 is 5.32 Å². The Bertz CT molecular complexity index is 1340. The number of fused-ring (bicyclic) bond motifs is 1. The SMILES string of the molecule is C=C(C(=O)NCc1cn(CC(OC(C)=O)C(OC(C)=O)C(OC(C)=O)C(COC(C)=O)OC)nn1)[C@@H]1CC[C@@H](C)[C@@H]2CCC(C)=C[C@@H]21. The number of ether oxygens (including phenoxy) is 5. The van der Waals surface area contributed by atoms with Gasteiger partial charge in [0.15, 0.2) is 18.3 Å². The molecule has 1 amide bonds. The van der Waals surface area contributed by atoms with E-state index < -0.39 is 48.3 Å². The Balaban J connectivity index is 1.75. The molecule has 260 valence electrons. The summed E-state index contributed by atoms with van der Waals surface area (Å²) in [7, 11) is 1.29. The van der Waals surface area contributed by atoms with Crippen LogP contribution in [0.25, 0.3) is 0 Å². The number of rotatable bonds is 15. The molecule has 1 heterocycles. The minimum absolute atomic E-state index is 0.0692. The fourth-order valence-corrected chi connectivity index (χ4v) is 6.61. The van der Waals surface area contributed by atoms with Gasteiger partial charge in [-0.05, 0) is 56.3 Å². The van der Waals surface area contributed by atoms with Gasteiger partial charge in [0.05, 0.1) is 19.3 Å². The van der Waals surface area contributed by atoms with Gasteiger partial charge in [-0.1, -0.05) is 30.4 Å². The van der Waals surface area contributed by atoms with Gasteiger partial charge in [0.2, 0.25) is 5.91 Å². The number of esters is 4. The molecule has 4 unspecified atom stereocenters. The first-order chi connectivity index (χ1) is 22.2. The molecule has 1 N–H and O–H groups in total. The minimum Gasteiger partial charge on any atom is -0.463 e. The van der Waals surface area contributed by atoms with Gasteiger partial charge in [-0.25, -0.2) is 4.68 Å². The average Bonchev–Trinajstić information content (AvgIpc) is 3.44. The maximum absolute atomic E-state index is 13.2. The Labute approximate surface area is 275 Å². The zero-order valence-electron chi connectivity index (χ0n) is 28.4. The molecule has 0 bridgehead atoms. The van der Waals surface area contributed by atoms with Crippen molar-refractivity contribution in [1.29, 1.82) is 0 Å². The van der Waals surface area contributed by atoms with E-state index in [9.17, 15) is 24.0 Å². The highest BCUT2D eigenvalue weighted by atomic mass is 16.6. The maximum Gasteiger partial charge on any atom is 0.303 e. The molecule has 14 heteroatoms. The van der Waals surface area contributed by atoms with Gasteiger partial charge >= 0.3 is 23.9 Å². The van der Waals surface area contributed by atoms with Gasteiger partial charge in [0.1, 0.15) is 18.4 Å². The van der Waals surface area contributed by atoms with Crippen molar-refractivity contribution in [2.45, 2.75) is 105 Å². The molecule has 3 rings (SSSR count). The first-order valence-electron chi connectivity index (χ1n) is 15.9. The number of hydrogen-bond donors (Lipinski definition) is 1. The lowest BCUT2D eigenvalue weighted by Crippen LogP contribution is -2.53. The summed E-state index contributed by atoms with van der Waals surface area (Å²) in [5, 5.41) is 11.1. The quantitative estimate of drug-likeness (QED) is 0.126. The third-order valence-corrected chi connectivity index (χ3v) is 8.83. The average molecular weight is 661 g/mol. The summed E-state index contributed by atoms with van der Waals surface area (Å²) >= 11 is 0. The van der Waals surface area contributed by atoms with Crippen LogP contribution >= 0.6 is 0 Å². The first kappa shape index (κ1) is 37.4. The van der Waals surface area contributed by atoms with Crippen LogP contribution in [-0.4, -0.2) is 82.9 Å². The number of aromatic nitrogens is 3. The second-order valence-corrected chi connectivity index (χ2v) is 12.5. The highest BCUT2D eigenvalue weighted by molar-refractivity contribution is 5.93. The molecule has 14 nitrogen and oxygen atoms in total. The molecular formula is C33H48N4O10. The molecule has 1 saturated carbocycles. The second kappa shape index (κ2) is 17.2. The number of amides is 1. The zero-order valence-corrected chi connectivity index (χ0v) is 28.4. The van der Waals surface area contributed by atoms with Gasteiger partial charge < -0.3 is 29.0 Å². The molecule has 0 saturated heterocycles. The molecular weight excluding hydrogens is 612 g/mol. The van der Waals surface area contributed by atoms with E-state index in [4.69, 9.17) is 23.7 Å². The van der Waals surface area contributed by atoms with Crippen LogP contribution in [0, 0.1) is 23.7 Å². The van der Waals surface area contributed by atoms with Crippen molar-refractivity contribution >= 4 is 29.8 Å². The van der Waals surface area contributed by atoms with Crippen molar-refractivity contribution < 1.29 is 47.7 Å². The van der Waals surface area contributed by atoms with Gasteiger partial charge in [0, 0.05) is 40.4 Å². The maximum atomic E-state index is 13.2. The Morgan fingerprint density at radius 2 is 1.60 bits per heavy atom. The molecule has 1 aromatic heterocycles. The molecule has 1 fully saturated rings. The standard InChI is InChI=1S/C33H48N4O10/c1-18-9-11-26-19(2)10-12-27(28(26)13-18)20(3)33(42)34-14-25-15-37(36-35-25)16-29(45-22(5)39)31(46-23(6)40)32(47-24(7)41)30(43-8)17-44-21(4)38/h13,15,19,26-32H,3,9-12,14,16-17H2,1-2,4-8H3,(H,34,42)/t19-,26+,27+,28+,29?,30?,31?,32?/m1/s1. The van der Waals surface area contributed by atoms with Gasteiger partial charge in [-0.2, -0.15) is 0 Å².